The van der Waals surface area contributed by atoms with E-state index in [2.05, 4.69) is 5.32 Å². The zero-order valence-corrected chi connectivity index (χ0v) is 17.8. The van der Waals surface area contributed by atoms with Crippen LogP contribution in [0.4, 0.5) is 4.39 Å². The molecule has 162 valence electrons. The summed E-state index contributed by atoms with van der Waals surface area (Å²) in [6.07, 6.45) is 2.56. The zero-order chi connectivity index (χ0) is 21.8. The highest BCUT2D eigenvalue weighted by molar-refractivity contribution is 5.87. The lowest BCUT2D eigenvalue weighted by Crippen LogP contribution is -2.47. The predicted molar refractivity (Wildman–Crippen MR) is 116 cm³/mol. The Morgan fingerprint density at radius 2 is 1.77 bits per heavy atom. The van der Waals surface area contributed by atoms with Gasteiger partial charge in [-0.2, -0.15) is 0 Å². The van der Waals surface area contributed by atoms with E-state index in [1.807, 2.05) is 37.3 Å². The molecule has 0 aliphatic rings. The molecule has 0 saturated carbocycles. The van der Waals surface area contributed by atoms with Crippen molar-refractivity contribution in [2.24, 2.45) is 0 Å². The van der Waals surface area contributed by atoms with Crippen LogP contribution in [0.5, 0.6) is 5.75 Å². The van der Waals surface area contributed by atoms with E-state index in [0.29, 0.717) is 25.1 Å². The minimum absolute atomic E-state index is 0.0490. The fraction of sp³-hybridized carbons (Fsp3) is 0.417. The van der Waals surface area contributed by atoms with E-state index >= 15 is 0 Å². The lowest BCUT2D eigenvalue weighted by atomic mass is 10.1. The van der Waals surface area contributed by atoms with Crippen LogP contribution in [0.15, 0.2) is 54.6 Å². The standard InChI is InChI=1S/C24H31FN2O3/c1-3-4-16-26-24(29)19(2)27(18-20-11-8-9-14-22(20)25)23(28)15-10-17-30-21-12-6-5-7-13-21/h5-9,11-14,19H,3-4,10,15-18H2,1-2H3,(H,26,29)/t19-/m1/s1. The molecule has 6 heteroatoms. The van der Waals surface area contributed by atoms with E-state index in [1.54, 1.807) is 25.1 Å². The highest BCUT2D eigenvalue weighted by Gasteiger charge is 2.26. The lowest BCUT2D eigenvalue weighted by molar-refractivity contribution is -0.140. The number of hydrogen-bond donors (Lipinski definition) is 1. The van der Waals surface area contributed by atoms with Crippen molar-refractivity contribution in [1.82, 2.24) is 10.2 Å². The van der Waals surface area contributed by atoms with Crippen molar-refractivity contribution >= 4 is 11.8 Å². The van der Waals surface area contributed by atoms with Gasteiger partial charge in [0.1, 0.15) is 17.6 Å². The number of unbranched alkanes of at least 4 members (excludes halogenated alkanes) is 1. The normalized spacial score (nSPS) is 11.6. The molecule has 1 N–H and O–H groups in total. The van der Waals surface area contributed by atoms with Crippen molar-refractivity contribution in [3.63, 3.8) is 0 Å². The molecule has 0 unspecified atom stereocenters. The third-order valence-electron chi connectivity index (χ3n) is 4.84. The minimum atomic E-state index is -0.691. The summed E-state index contributed by atoms with van der Waals surface area (Å²) >= 11 is 0. The van der Waals surface area contributed by atoms with E-state index in [-0.39, 0.29) is 30.6 Å². The molecule has 0 aliphatic carbocycles. The molecule has 0 bridgehead atoms. The van der Waals surface area contributed by atoms with Crippen molar-refractivity contribution in [1.29, 1.82) is 0 Å². The van der Waals surface area contributed by atoms with Crippen LogP contribution in [0.3, 0.4) is 0 Å². The second kappa shape index (κ2) is 12.6. The molecule has 0 spiro atoms. The maximum atomic E-state index is 14.2. The third kappa shape index (κ3) is 7.50. The molecule has 2 amide bonds. The molecule has 0 saturated heterocycles. The maximum absolute atomic E-state index is 14.2. The minimum Gasteiger partial charge on any atom is -0.494 e. The Labute approximate surface area is 178 Å². The summed E-state index contributed by atoms with van der Waals surface area (Å²) in [6, 6.07) is 15.0. The fourth-order valence-corrected chi connectivity index (χ4v) is 3.00. The molecule has 0 heterocycles. The Balaban J connectivity index is 1.98. The number of benzene rings is 2. The SMILES string of the molecule is CCCCNC(=O)[C@@H](C)N(Cc1ccccc1F)C(=O)CCCOc1ccccc1. The number of nitrogens with one attached hydrogen (secondary N) is 1. The van der Waals surface area contributed by atoms with Gasteiger partial charge in [-0.15, -0.1) is 0 Å². The second-order valence-corrected chi connectivity index (χ2v) is 7.20. The number of amides is 2. The van der Waals surface area contributed by atoms with Crippen molar-refractivity contribution in [2.75, 3.05) is 13.2 Å². The smallest absolute Gasteiger partial charge is 0.242 e. The first-order chi connectivity index (χ1) is 14.5. The van der Waals surface area contributed by atoms with Gasteiger partial charge in [0, 0.05) is 25.1 Å². The van der Waals surface area contributed by atoms with Crippen molar-refractivity contribution in [3.8, 4) is 5.75 Å². The number of carbonyl (C=O) groups is 2. The van der Waals surface area contributed by atoms with Gasteiger partial charge in [-0.3, -0.25) is 9.59 Å². The highest BCUT2D eigenvalue weighted by Crippen LogP contribution is 2.15. The lowest BCUT2D eigenvalue weighted by Gasteiger charge is -2.29. The summed E-state index contributed by atoms with van der Waals surface area (Å²) in [4.78, 5) is 26.9. The first-order valence-electron chi connectivity index (χ1n) is 10.5. The number of para-hydroxylation sites is 1. The largest absolute Gasteiger partial charge is 0.494 e. The highest BCUT2D eigenvalue weighted by atomic mass is 19.1. The molecule has 0 aliphatic heterocycles. The van der Waals surface area contributed by atoms with Crippen molar-refractivity contribution < 1.29 is 18.7 Å². The number of ether oxygens (including phenoxy) is 1. The molecule has 2 aromatic rings. The van der Waals surface area contributed by atoms with Gasteiger partial charge in [-0.05, 0) is 38.0 Å². The van der Waals surface area contributed by atoms with Gasteiger partial charge in [0.05, 0.1) is 6.61 Å². The number of halogens is 1. The average molecular weight is 415 g/mol. The number of carbonyl (C=O) groups excluding carboxylic acids is 2. The quantitative estimate of drug-likeness (QED) is 0.526. The number of rotatable bonds is 12. The summed E-state index contributed by atoms with van der Waals surface area (Å²) in [5.74, 6) is -0.0696. The van der Waals surface area contributed by atoms with E-state index < -0.39 is 6.04 Å². The zero-order valence-electron chi connectivity index (χ0n) is 17.8. The number of hydrogen-bond acceptors (Lipinski definition) is 3. The Morgan fingerprint density at radius 1 is 1.07 bits per heavy atom. The first-order valence-corrected chi connectivity index (χ1v) is 10.5. The van der Waals surface area contributed by atoms with Crippen LogP contribution in [-0.2, 0) is 16.1 Å². The van der Waals surface area contributed by atoms with E-state index in [0.717, 1.165) is 18.6 Å². The summed E-state index contributed by atoms with van der Waals surface area (Å²) in [5, 5.41) is 2.86. The van der Waals surface area contributed by atoms with Crippen LogP contribution >= 0.6 is 0 Å². The molecule has 0 fully saturated rings. The Hall–Kier alpha value is -2.89. The van der Waals surface area contributed by atoms with Crippen LogP contribution in [-0.4, -0.2) is 35.9 Å². The van der Waals surface area contributed by atoms with Crippen LogP contribution < -0.4 is 10.1 Å². The maximum Gasteiger partial charge on any atom is 0.242 e. The van der Waals surface area contributed by atoms with Crippen molar-refractivity contribution in [3.05, 3.63) is 66.0 Å². The second-order valence-electron chi connectivity index (χ2n) is 7.20. The van der Waals surface area contributed by atoms with Gasteiger partial charge in [-0.25, -0.2) is 4.39 Å². The summed E-state index contributed by atoms with van der Waals surface area (Å²) < 4.78 is 19.8. The van der Waals surface area contributed by atoms with Gasteiger partial charge in [-0.1, -0.05) is 49.7 Å². The number of nitrogens with zero attached hydrogens (tertiary/aromatic N) is 1. The van der Waals surface area contributed by atoms with Gasteiger partial charge in [0.25, 0.3) is 0 Å². The van der Waals surface area contributed by atoms with Crippen LogP contribution in [0.2, 0.25) is 0 Å². The predicted octanol–water partition coefficient (Wildman–Crippen LogP) is 4.32. The summed E-state index contributed by atoms with van der Waals surface area (Å²) in [5.41, 5.74) is 0.389. The third-order valence-corrected chi connectivity index (χ3v) is 4.84. The fourth-order valence-electron chi connectivity index (χ4n) is 3.00. The molecule has 2 rings (SSSR count). The average Bonchev–Trinajstić information content (AvgIpc) is 2.76. The van der Waals surface area contributed by atoms with Gasteiger partial charge in [0.15, 0.2) is 0 Å². The van der Waals surface area contributed by atoms with E-state index in [4.69, 9.17) is 4.74 Å². The first kappa shape index (κ1) is 23.4. The Bertz CT molecular complexity index is 798. The van der Waals surface area contributed by atoms with Crippen LogP contribution in [0.25, 0.3) is 0 Å². The molecule has 1 atom stereocenters. The molecule has 2 aromatic carbocycles. The summed E-state index contributed by atoms with van der Waals surface area (Å²) in [6.45, 7) is 4.72. The topological polar surface area (TPSA) is 58.6 Å². The van der Waals surface area contributed by atoms with E-state index in [9.17, 15) is 14.0 Å². The Morgan fingerprint density at radius 3 is 2.47 bits per heavy atom. The van der Waals surface area contributed by atoms with E-state index in [1.165, 1.54) is 11.0 Å². The molecule has 0 aromatic heterocycles. The monoisotopic (exact) mass is 414 g/mol. The van der Waals surface area contributed by atoms with Crippen molar-refractivity contribution in [2.45, 2.75) is 52.1 Å². The molecule has 30 heavy (non-hydrogen) atoms. The summed E-state index contributed by atoms with van der Waals surface area (Å²) in [7, 11) is 0. The molecular formula is C24H31FN2O3. The van der Waals surface area contributed by atoms with Gasteiger partial charge >= 0.3 is 0 Å². The Kier molecular flexibility index (Phi) is 9.84. The molecule has 5 nitrogen and oxygen atoms in total. The van der Waals surface area contributed by atoms with Crippen LogP contribution in [0, 0.1) is 5.82 Å². The molecular weight excluding hydrogens is 383 g/mol. The van der Waals surface area contributed by atoms with Gasteiger partial charge in [0.2, 0.25) is 11.8 Å². The van der Waals surface area contributed by atoms with Gasteiger partial charge < -0.3 is 15.0 Å². The molecule has 0 radical (unpaired) electrons. The van der Waals surface area contributed by atoms with Crippen LogP contribution in [0.1, 0.15) is 45.1 Å².